The maximum Gasteiger partial charge on any atom is 0.313 e. The number of rotatable bonds is 5. The molecule has 1 aromatic carbocycles. The molecule has 24 heavy (non-hydrogen) atoms. The molecule has 2 N–H and O–H groups in total. The van der Waals surface area contributed by atoms with Crippen LogP contribution in [-0.4, -0.2) is 37.9 Å². The van der Waals surface area contributed by atoms with Gasteiger partial charge in [0, 0.05) is 12.1 Å². The fraction of sp³-hybridized carbons (Fsp3) is 0.500. The topological polar surface area (TPSA) is 110 Å². The predicted molar refractivity (Wildman–Crippen MR) is 87.8 cm³/mol. The van der Waals surface area contributed by atoms with Gasteiger partial charge in [0.05, 0.1) is 12.3 Å². The molecule has 0 atom stereocenters. The van der Waals surface area contributed by atoms with Crippen LogP contribution < -0.4 is 5.32 Å². The number of hydrogen-bond donors (Lipinski definition) is 2. The Kier molecular flexibility index (Phi) is 5.00. The second-order valence-corrected chi connectivity index (χ2v) is 7.97. The Morgan fingerprint density at radius 2 is 2.00 bits per heavy atom. The van der Waals surface area contributed by atoms with Gasteiger partial charge < -0.3 is 10.1 Å². The zero-order chi connectivity index (χ0) is 18.1. The van der Waals surface area contributed by atoms with E-state index in [-0.39, 0.29) is 22.5 Å². The average Bonchev–Trinajstić information content (AvgIpc) is 2.43. The standard InChI is InChI=1S/C16H21NO6S/c1-4-23-14(19)7-12(18)10-5-11-8-16(2,3)9-17-15(11)13(6-10)24(20,21)22/h5-6,17H,4,7-9H2,1-3H3,(H,20,21,22). The van der Waals surface area contributed by atoms with Crippen molar-refractivity contribution in [1.29, 1.82) is 0 Å². The highest BCUT2D eigenvalue weighted by molar-refractivity contribution is 7.86. The van der Waals surface area contributed by atoms with Gasteiger partial charge in [0.15, 0.2) is 5.78 Å². The monoisotopic (exact) mass is 355 g/mol. The number of esters is 1. The molecule has 0 aromatic heterocycles. The van der Waals surface area contributed by atoms with Crippen LogP contribution in [0.15, 0.2) is 17.0 Å². The summed E-state index contributed by atoms with van der Waals surface area (Å²) in [6, 6.07) is 2.67. The molecule has 1 aliphatic heterocycles. The van der Waals surface area contributed by atoms with Gasteiger partial charge in [-0.15, -0.1) is 0 Å². The lowest BCUT2D eigenvalue weighted by atomic mass is 9.81. The van der Waals surface area contributed by atoms with Crippen molar-refractivity contribution in [2.24, 2.45) is 5.41 Å². The second kappa shape index (κ2) is 6.52. The van der Waals surface area contributed by atoms with E-state index in [4.69, 9.17) is 4.74 Å². The van der Waals surface area contributed by atoms with E-state index in [1.807, 2.05) is 13.8 Å². The molecule has 0 saturated carbocycles. The second-order valence-electron chi connectivity index (χ2n) is 6.58. The SMILES string of the molecule is CCOC(=O)CC(=O)c1cc2c(c(S(=O)(=O)O)c1)NCC(C)(C)C2. The lowest BCUT2D eigenvalue weighted by Gasteiger charge is -2.33. The molecule has 7 nitrogen and oxygen atoms in total. The number of hydrogen-bond acceptors (Lipinski definition) is 6. The largest absolute Gasteiger partial charge is 0.466 e. The van der Waals surface area contributed by atoms with Crippen LogP contribution in [0.2, 0.25) is 0 Å². The van der Waals surface area contributed by atoms with Gasteiger partial charge in [-0.25, -0.2) is 0 Å². The number of anilines is 1. The fourth-order valence-corrected chi connectivity index (χ4v) is 3.47. The van der Waals surface area contributed by atoms with E-state index in [2.05, 4.69) is 5.32 Å². The lowest BCUT2D eigenvalue weighted by molar-refractivity contribution is -0.141. The summed E-state index contributed by atoms with van der Waals surface area (Å²) < 4.78 is 37.6. The molecular formula is C16H21NO6S. The highest BCUT2D eigenvalue weighted by atomic mass is 32.2. The van der Waals surface area contributed by atoms with E-state index in [9.17, 15) is 22.6 Å². The molecule has 0 bridgehead atoms. The van der Waals surface area contributed by atoms with Crippen molar-refractivity contribution in [2.45, 2.75) is 38.5 Å². The number of benzene rings is 1. The quantitative estimate of drug-likeness (QED) is 0.360. The van der Waals surface area contributed by atoms with Crippen molar-refractivity contribution >= 4 is 27.6 Å². The first-order valence-electron chi connectivity index (χ1n) is 7.60. The van der Waals surface area contributed by atoms with Crippen molar-refractivity contribution < 1.29 is 27.3 Å². The van der Waals surface area contributed by atoms with Crippen molar-refractivity contribution in [1.82, 2.24) is 0 Å². The summed E-state index contributed by atoms with van der Waals surface area (Å²) in [6.07, 6.45) is 0.0622. The average molecular weight is 355 g/mol. The van der Waals surface area contributed by atoms with Gasteiger partial charge in [0.2, 0.25) is 0 Å². The molecular weight excluding hydrogens is 334 g/mol. The zero-order valence-corrected chi connectivity index (χ0v) is 14.7. The van der Waals surface area contributed by atoms with E-state index >= 15 is 0 Å². The smallest absolute Gasteiger partial charge is 0.313 e. The van der Waals surface area contributed by atoms with Crippen LogP contribution in [0, 0.1) is 5.41 Å². The summed E-state index contributed by atoms with van der Waals surface area (Å²) in [6.45, 7) is 6.33. The molecule has 0 radical (unpaired) electrons. The third-order valence-electron chi connectivity index (χ3n) is 3.81. The highest BCUT2D eigenvalue weighted by Gasteiger charge is 2.31. The molecule has 0 saturated heterocycles. The Morgan fingerprint density at radius 1 is 1.33 bits per heavy atom. The minimum absolute atomic E-state index is 0.0638. The first kappa shape index (κ1) is 18.4. The van der Waals surface area contributed by atoms with Gasteiger partial charge in [-0.2, -0.15) is 8.42 Å². The third-order valence-corrected chi connectivity index (χ3v) is 4.68. The number of fused-ring (bicyclic) bond motifs is 1. The minimum Gasteiger partial charge on any atom is -0.466 e. The maximum absolute atomic E-state index is 12.3. The molecule has 0 aliphatic carbocycles. The van der Waals surface area contributed by atoms with E-state index in [0.29, 0.717) is 24.2 Å². The normalized spacial score (nSPS) is 16.0. The van der Waals surface area contributed by atoms with E-state index in [0.717, 1.165) is 6.07 Å². The number of ether oxygens (including phenoxy) is 1. The van der Waals surface area contributed by atoms with Gasteiger partial charge in [-0.1, -0.05) is 13.8 Å². The first-order chi connectivity index (χ1) is 11.0. The highest BCUT2D eigenvalue weighted by Crippen LogP contribution is 2.37. The number of carbonyl (C=O) groups excluding carboxylic acids is 2. The Balaban J connectivity index is 2.47. The van der Waals surface area contributed by atoms with Crippen LogP contribution in [0.4, 0.5) is 5.69 Å². The van der Waals surface area contributed by atoms with Crippen LogP contribution in [-0.2, 0) is 26.1 Å². The summed E-state index contributed by atoms with van der Waals surface area (Å²) in [7, 11) is -4.51. The number of nitrogens with one attached hydrogen (secondary N) is 1. The lowest BCUT2D eigenvalue weighted by Crippen LogP contribution is -2.32. The number of ketones is 1. The Hall–Kier alpha value is -1.93. The summed E-state index contributed by atoms with van der Waals surface area (Å²) in [4.78, 5) is 23.4. The molecule has 1 heterocycles. The maximum atomic E-state index is 12.3. The van der Waals surface area contributed by atoms with E-state index in [1.54, 1.807) is 13.0 Å². The fourth-order valence-electron chi connectivity index (χ4n) is 2.73. The predicted octanol–water partition coefficient (Wildman–Crippen LogP) is 2.06. The molecule has 1 aliphatic rings. The molecule has 1 aromatic rings. The summed E-state index contributed by atoms with van der Waals surface area (Å²) in [5.74, 6) is -1.23. The third kappa shape index (κ3) is 4.12. The van der Waals surface area contributed by atoms with Crippen molar-refractivity contribution in [2.75, 3.05) is 18.5 Å². The first-order valence-corrected chi connectivity index (χ1v) is 9.04. The molecule has 0 spiro atoms. The molecule has 0 fully saturated rings. The molecule has 2 rings (SSSR count). The summed E-state index contributed by atoms with van der Waals surface area (Å²) >= 11 is 0. The molecule has 8 heteroatoms. The van der Waals surface area contributed by atoms with E-state index < -0.39 is 28.3 Å². The molecule has 132 valence electrons. The Labute approximate surface area is 141 Å². The van der Waals surface area contributed by atoms with Crippen molar-refractivity contribution in [3.8, 4) is 0 Å². The summed E-state index contributed by atoms with van der Waals surface area (Å²) in [5.41, 5.74) is 0.860. The van der Waals surface area contributed by atoms with Gasteiger partial charge in [-0.3, -0.25) is 14.1 Å². The van der Waals surface area contributed by atoms with Crippen LogP contribution in [0.1, 0.15) is 43.1 Å². The van der Waals surface area contributed by atoms with Crippen molar-refractivity contribution in [3.63, 3.8) is 0 Å². The van der Waals surface area contributed by atoms with Crippen molar-refractivity contribution in [3.05, 3.63) is 23.3 Å². The van der Waals surface area contributed by atoms with Gasteiger partial charge in [0.1, 0.15) is 11.3 Å². The van der Waals surface area contributed by atoms with Crippen LogP contribution in [0.5, 0.6) is 0 Å². The van der Waals surface area contributed by atoms with E-state index in [1.165, 1.54) is 0 Å². The van der Waals surface area contributed by atoms with Gasteiger partial charge in [-0.05, 0) is 36.5 Å². The van der Waals surface area contributed by atoms with Gasteiger partial charge >= 0.3 is 5.97 Å². The van der Waals surface area contributed by atoms with Gasteiger partial charge in [0.25, 0.3) is 10.1 Å². The minimum atomic E-state index is -4.51. The zero-order valence-electron chi connectivity index (χ0n) is 13.9. The van der Waals surface area contributed by atoms with Crippen LogP contribution in [0.25, 0.3) is 0 Å². The number of Topliss-reactive ketones (excluding diaryl/α,β-unsaturated/α-hetero) is 1. The molecule has 0 amide bonds. The number of carbonyl (C=O) groups is 2. The Bertz CT molecular complexity index is 782. The van der Waals surface area contributed by atoms with Crippen LogP contribution >= 0.6 is 0 Å². The molecule has 0 unspecified atom stereocenters. The summed E-state index contributed by atoms with van der Waals surface area (Å²) in [5, 5.41) is 3.01. The van der Waals surface area contributed by atoms with Crippen LogP contribution in [0.3, 0.4) is 0 Å². The Morgan fingerprint density at radius 3 is 2.58 bits per heavy atom.